The molecule has 1 aromatic heterocycles. The highest BCUT2D eigenvalue weighted by atomic mass is 16.5. The number of ether oxygens (including phenoxy) is 2. The van der Waals surface area contributed by atoms with E-state index in [2.05, 4.69) is 27.5 Å². The van der Waals surface area contributed by atoms with Gasteiger partial charge in [-0.3, -0.25) is 0 Å². The van der Waals surface area contributed by atoms with Crippen LogP contribution in [0.1, 0.15) is 39.4 Å². The summed E-state index contributed by atoms with van der Waals surface area (Å²) >= 11 is 0. The van der Waals surface area contributed by atoms with Gasteiger partial charge < -0.3 is 20.1 Å². The fraction of sp³-hybridized carbons (Fsp3) is 0.733. The van der Waals surface area contributed by atoms with Crippen LogP contribution in [-0.4, -0.2) is 42.9 Å². The van der Waals surface area contributed by atoms with E-state index in [0.717, 1.165) is 50.8 Å². The molecular formula is C15H28N4O2. The molecule has 0 unspecified atom stereocenters. The molecule has 1 aromatic rings. The third-order valence-corrected chi connectivity index (χ3v) is 2.74. The maximum atomic E-state index is 5.39. The standard InChI is InChI=1S/C15H28N4O2/c1-4-8-16-13-11-14(17-9-7-10-20-5-2)19-15(18-13)12-21-6-3/h11H,4-10,12H2,1-3H3,(H2,16,17,18,19). The summed E-state index contributed by atoms with van der Waals surface area (Å²) in [5.41, 5.74) is 0. The van der Waals surface area contributed by atoms with Gasteiger partial charge >= 0.3 is 0 Å². The molecule has 0 fully saturated rings. The highest BCUT2D eigenvalue weighted by Crippen LogP contribution is 2.12. The predicted octanol–water partition coefficient (Wildman–Crippen LogP) is 2.67. The third-order valence-electron chi connectivity index (χ3n) is 2.74. The van der Waals surface area contributed by atoms with Crippen molar-refractivity contribution in [3.63, 3.8) is 0 Å². The lowest BCUT2D eigenvalue weighted by Crippen LogP contribution is -2.11. The molecule has 0 bridgehead atoms. The highest BCUT2D eigenvalue weighted by Gasteiger charge is 2.04. The molecule has 0 aliphatic rings. The molecule has 120 valence electrons. The van der Waals surface area contributed by atoms with E-state index in [1.54, 1.807) is 0 Å². The smallest absolute Gasteiger partial charge is 0.158 e. The lowest BCUT2D eigenvalue weighted by Gasteiger charge is -2.11. The molecule has 1 heterocycles. The van der Waals surface area contributed by atoms with Crippen LogP contribution in [0, 0.1) is 0 Å². The molecule has 0 aromatic carbocycles. The van der Waals surface area contributed by atoms with Gasteiger partial charge in [-0.05, 0) is 26.7 Å². The van der Waals surface area contributed by atoms with Gasteiger partial charge in [0.15, 0.2) is 5.82 Å². The molecule has 0 aliphatic heterocycles. The van der Waals surface area contributed by atoms with Gasteiger partial charge in [0.1, 0.15) is 18.2 Å². The minimum absolute atomic E-state index is 0.436. The van der Waals surface area contributed by atoms with E-state index >= 15 is 0 Å². The maximum absolute atomic E-state index is 5.39. The second kappa shape index (κ2) is 11.3. The van der Waals surface area contributed by atoms with E-state index in [1.807, 2.05) is 19.9 Å². The average Bonchev–Trinajstić information content (AvgIpc) is 2.50. The van der Waals surface area contributed by atoms with E-state index in [-0.39, 0.29) is 0 Å². The molecule has 0 aliphatic carbocycles. The molecule has 6 heteroatoms. The molecule has 0 spiro atoms. The SMILES string of the molecule is CCCNc1cc(NCCCOCC)nc(COCC)n1. The van der Waals surface area contributed by atoms with E-state index in [0.29, 0.717) is 19.0 Å². The maximum Gasteiger partial charge on any atom is 0.158 e. The van der Waals surface area contributed by atoms with Gasteiger partial charge in [-0.15, -0.1) is 0 Å². The van der Waals surface area contributed by atoms with Crippen molar-refractivity contribution in [1.82, 2.24) is 9.97 Å². The number of nitrogens with zero attached hydrogens (tertiary/aromatic N) is 2. The van der Waals surface area contributed by atoms with Crippen molar-refractivity contribution >= 4 is 11.6 Å². The van der Waals surface area contributed by atoms with E-state index in [9.17, 15) is 0 Å². The van der Waals surface area contributed by atoms with Crippen molar-refractivity contribution in [2.45, 2.75) is 40.2 Å². The molecule has 2 N–H and O–H groups in total. The Morgan fingerprint density at radius 1 is 0.952 bits per heavy atom. The Bertz CT molecular complexity index is 362. The number of anilines is 2. The fourth-order valence-electron chi connectivity index (χ4n) is 1.72. The van der Waals surface area contributed by atoms with Crippen molar-refractivity contribution in [1.29, 1.82) is 0 Å². The van der Waals surface area contributed by atoms with Gasteiger partial charge in [0.05, 0.1) is 0 Å². The summed E-state index contributed by atoms with van der Waals surface area (Å²) in [4.78, 5) is 8.92. The van der Waals surface area contributed by atoms with Crippen LogP contribution in [0.25, 0.3) is 0 Å². The summed E-state index contributed by atoms with van der Waals surface area (Å²) in [5.74, 6) is 2.37. The van der Waals surface area contributed by atoms with Crippen LogP contribution in [0.5, 0.6) is 0 Å². The van der Waals surface area contributed by atoms with Crippen molar-refractivity contribution in [3.05, 3.63) is 11.9 Å². The summed E-state index contributed by atoms with van der Waals surface area (Å²) < 4.78 is 10.7. The minimum atomic E-state index is 0.436. The van der Waals surface area contributed by atoms with Gasteiger partial charge in [-0.2, -0.15) is 0 Å². The Labute approximate surface area is 127 Å². The Balaban J connectivity index is 2.57. The second-order valence-corrected chi connectivity index (χ2v) is 4.60. The molecular weight excluding hydrogens is 268 g/mol. The average molecular weight is 296 g/mol. The number of hydrogen-bond acceptors (Lipinski definition) is 6. The summed E-state index contributed by atoms with van der Waals surface area (Å²) in [6.45, 7) is 10.4. The van der Waals surface area contributed by atoms with Crippen LogP contribution >= 0.6 is 0 Å². The first kappa shape index (κ1) is 17.7. The molecule has 0 radical (unpaired) electrons. The van der Waals surface area contributed by atoms with E-state index < -0.39 is 0 Å². The summed E-state index contributed by atoms with van der Waals surface area (Å²) in [5, 5.41) is 6.60. The van der Waals surface area contributed by atoms with Gasteiger partial charge in [0.2, 0.25) is 0 Å². The summed E-state index contributed by atoms with van der Waals surface area (Å²) in [7, 11) is 0. The number of rotatable bonds is 12. The Hall–Kier alpha value is -1.40. The zero-order valence-corrected chi connectivity index (χ0v) is 13.4. The van der Waals surface area contributed by atoms with E-state index in [1.165, 1.54) is 0 Å². The first-order valence-electron chi connectivity index (χ1n) is 7.81. The summed E-state index contributed by atoms with van der Waals surface area (Å²) in [6.07, 6.45) is 2.01. The van der Waals surface area contributed by atoms with Crippen LogP contribution in [0.2, 0.25) is 0 Å². The zero-order chi connectivity index (χ0) is 15.3. The molecule has 1 rings (SSSR count). The fourth-order valence-corrected chi connectivity index (χ4v) is 1.72. The van der Waals surface area contributed by atoms with E-state index in [4.69, 9.17) is 9.47 Å². The topological polar surface area (TPSA) is 68.3 Å². The number of hydrogen-bond donors (Lipinski definition) is 2. The van der Waals surface area contributed by atoms with Crippen molar-refractivity contribution in [2.75, 3.05) is 43.5 Å². The van der Waals surface area contributed by atoms with Crippen LogP contribution in [0.15, 0.2) is 6.07 Å². The van der Waals surface area contributed by atoms with Crippen LogP contribution in [0.3, 0.4) is 0 Å². The Morgan fingerprint density at radius 2 is 1.62 bits per heavy atom. The number of nitrogens with one attached hydrogen (secondary N) is 2. The quantitative estimate of drug-likeness (QED) is 0.578. The van der Waals surface area contributed by atoms with Crippen molar-refractivity contribution in [3.8, 4) is 0 Å². The highest BCUT2D eigenvalue weighted by molar-refractivity contribution is 5.47. The normalized spacial score (nSPS) is 10.6. The molecule has 0 saturated carbocycles. The van der Waals surface area contributed by atoms with Gasteiger partial charge in [-0.1, -0.05) is 6.92 Å². The third kappa shape index (κ3) is 7.82. The van der Waals surface area contributed by atoms with Crippen LogP contribution < -0.4 is 10.6 Å². The van der Waals surface area contributed by atoms with Gasteiger partial charge in [0.25, 0.3) is 0 Å². The van der Waals surface area contributed by atoms with Crippen LogP contribution in [0.4, 0.5) is 11.6 Å². The first-order valence-corrected chi connectivity index (χ1v) is 7.81. The zero-order valence-electron chi connectivity index (χ0n) is 13.4. The molecule has 21 heavy (non-hydrogen) atoms. The van der Waals surface area contributed by atoms with Gasteiger partial charge in [0, 0.05) is 39.0 Å². The Kier molecular flexibility index (Phi) is 9.48. The number of aromatic nitrogens is 2. The molecule has 0 atom stereocenters. The first-order chi connectivity index (χ1) is 10.3. The minimum Gasteiger partial charge on any atom is -0.382 e. The Morgan fingerprint density at radius 3 is 2.24 bits per heavy atom. The molecule has 0 saturated heterocycles. The second-order valence-electron chi connectivity index (χ2n) is 4.60. The largest absolute Gasteiger partial charge is 0.382 e. The monoisotopic (exact) mass is 296 g/mol. The molecule has 6 nitrogen and oxygen atoms in total. The van der Waals surface area contributed by atoms with Crippen molar-refractivity contribution in [2.24, 2.45) is 0 Å². The lowest BCUT2D eigenvalue weighted by atomic mass is 10.4. The predicted molar refractivity (Wildman–Crippen MR) is 85.7 cm³/mol. The van der Waals surface area contributed by atoms with Crippen LogP contribution in [-0.2, 0) is 16.1 Å². The van der Waals surface area contributed by atoms with Crippen molar-refractivity contribution < 1.29 is 9.47 Å². The molecule has 0 amide bonds. The summed E-state index contributed by atoms with van der Waals surface area (Å²) in [6, 6.07) is 1.94. The van der Waals surface area contributed by atoms with Gasteiger partial charge in [-0.25, -0.2) is 9.97 Å². The lowest BCUT2D eigenvalue weighted by molar-refractivity contribution is 0.128.